The quantitative estimate of drug-likeness (QED) is 0.929. The van der Waals surface area contributed by atoms with E-state index in [1.165, 1.54) is 11.6 Å². The van der Waals surface area contributed by atoms with Gasteiger partial charge in [0.25, 0.3) is 0 Å². The van der Waals surface area contributed by atoms with E-state index in [0.717, 1.165) is 24.3 Å². The van der Waals surface area contributed by atoms with E-state index in [0.29, 0.717) is 17.8 Å². The molecule has 2 aromatic carbocycles. The monoisotopic (exact) mass is 268 g/mol. The van der Waals surface area contributed by atoms with E-state index >= 15 is 0 Å². The lowest BCUT2D eigenvalue weighted by atomic mass is 10.1. The van der Waals surface area contributed by atoms with Gasteiger partial charge in [0, 0.05) is 13.0 Å². The first kappa shape index (κ1) is 12.5. The van der Waals surface area contributed by atoms with Crippen LogP contribution in [0, 0.1) is 17.1 Å². The Morgan fingerprint density at radius 2 is 2.15 bits per heavy atom. The van der Waals surface area contributed by atoms with Crippen molar-refractivity contribution in [1.29, 1.82) is 5.26 Å². The van der Waals surface area contributed by atoms with Crippen molar-refractivity contribution in [3.05, 3.63) is 58.9 Å². The molecule has 0 saturated carbocycles. The van der Waals surface area contributed by atoms with Gasteiger partial charge >= 0.3 is 0 Å². The molecule has 3 rings (SSSR count). The fraction of sp³-hybridized carbons (Fsp3) is 0.188. The van der Waals surface area contributed by atoms with Crippen LogP contribution in [0.25, 0.3) is 0 Å². The molecule has 4 heteroatoms. The summed E-state index contributed by atoms with van der Waals surface area (Å²) in [5, 5.41) is 11.7. The van der Waals surface area contributed by atoms with Crippen LogP contribution < -0.4 is 10.1 Å². The van der Waals surface area contributed by atoms with E-state index < -0.39 is 5.82 Å². The molecule has 0 atom stereocenters. The second kappa shape index (κ2) is 5.22. The summed E-state index contributed by atoms with van der Waals surface area (Å²) in [7, 11) is 0. The normalized spacial score (nSPS) is 12.4. The highest BCUT2D eigenvalue weighted by molar-refractivity contribution is 5.49. The highest BCUT2D eigenvalue weighted by Gasteiger charge is 2.12. The molecular weight excluding hydrogens is 255 g/mol. The predicted molar refractivity (Wildman–Crippen MR) is 74.1 cm³/mol. The first-order valence-corrected chi connectivity index (χ1v) is 6.44. The van der Waals surface area contributed by atoms with E-state index in [1.54, 1.807) is 12.1 Å². The number of nitrogens with one attached hydrogen (secondary N) is 1. The Morgan fingerprint density at radius 1 is 1.25 bits per heavy atom. The molecule has 2 aromatic rings. The zero-order valence-corrected chi connectivity index (χ0v) is 10.8. The van der Waals surface area contributed by atoms with E-state index in [2.05, 4.69) is 11.4 Å². The van der Waals surface area contributed by atoms with Crippen LogP contribution in [0.15, 0.2) is 36.4 Å². The molecule has 20 heavy (non-hydrogen) atoms. The van der Waals surface area contributed by atoms with E-state index in [-0.39, 0.29) is 0 Å². The Bertz CT molecular complexity index is 691. The number of fused-ring (bicyclic) bond motifs is 1. The first-order valence-electron chi connectivity index (χ1n) is 6.44. The number of nitrogens with zero attached hydrogens (tertiary/aromatic N) is 1. The Labute approximate surface area is 116 Å². The molecule has 100 valence electrons. The summed E-state index contributed by atoms with van der Waals surface area (Å²) in [6.45, 7) is 1.27. The Hall–Kier alpha value is -2.54. The lowest BCUT2D eigenvalue weighted by Crippen LogP contribution is -2.02. The number of hydrogen-bond donors (Lipinski definition) is 1. The lowest BCUT2D eigenvalue weighted by molar-refractivity contribution is 0.357. The van der Waals surface area contributed by atoms with Gasteiger partial charge in [0.15, 0.2) is 0 Å². The zero-order chi connectivity index (χ0) is 13.9. The SMILES string of the molecule is N#Cc1ccc(NCc2ccc3c(c2)CCO3)c(F)c1. The number of benzene rings is 2. The fourth-order valence-electron chi connectivity index (χ4n) is 2.28. The van der Waals surface area contributed by atoms with Crippen molar-refractivity contribution in [2.75, 3.05) is 11.9 Å². The Balaban J connectivity index is 1.72. The van der Waals surface area contributed by atoms with Crippen molar-refractivity contribution in [2.24, 2.45) is 0 Å². The van der Waals surface area contributed by atoms with Gasteiger partial charge in [-0.2, -0.15) is 5.26 Å². The van der Waals surface area contributed by atoms with Gasteiger partial charge in [-0.05, 0) is 35.4 Å². The summed E-state index contributed by atoms with van der Waals surface area (Å²) in [5.41, 5.74) is 3.01. The Kier molecular flexibility index (Phi) is 3.26. The molecule has 1 heterocycles. The van der Waals surface area contributed by atoms with Gasteiger partial charge in [-0.1, -0.05) is 12.1 Å². The number of hydrogen-bond acceptors (Lipinski definition) is 3. The molecule has 0 aliphatic carbocycles. The minimum Gasteiger partial charge on any atom is -0.493 e. The van der Waals surface area contributed by atoms with Gasteiger partial charge in [0.2, 0.25) is 0 Å². The van der Waals surface area contributed by atoms with Crippen molar-refractivity contribution in [1.82, 2.24) is 0 Å². The minimum atomic E-state index is -0.409. The number of ether oxygens (including phenoxy) is 1. The summed E-state index contributed by atoms with van der Waals surface area (Å²) in [4.78, 5) is 0. The fourth-order valence-corrected chi connectivity index (χ4v) is 2.28. The molecule has 1 aliphatic heterocycles. The van der Waals surface area contributed by atoms with Gasteiger partial charge < -0.3 is 10.1 Å². The van der Waals surface area contributed by atoms with Crippen LogP contribution in [0.3, 0.4) is 0 Å². The molecule has 0 radical (unpaired) electrons. The highest BCUT2D eigenvalue weighted by Crippen LogP contribution is 2.26. The van der Waals surface area contributed by atoms with Crippen LogP contribution in [0.2, 0.25) is 0 Å². The van der Waals surface area contributed by atoms with E-state index in [4.69, 9.17) is 10.00 Å². The van der Waals surface area contributed by atoms with Crippen molar-refractivity contribution >= 4 is 5.69 Å². The standard InChI is InChI=1S/C16H13FN2O/c17-14-8-11(9-18)1-3-15(14)19-10-12-2-4-16-13(7-12)5-6-20-16/h1-4,7-8,19H,5-6,10H2. The lowest BCUT2D eigenvalue weighted by Gasteiger charge is -2.09. The molecule has 0 spiro atoms. The van der Waals surface area contributed by atoms with Gasteiger partial charge in [-0.15, -0.1) is 0 Å². The first-order chi connectivity index (χ1) is 9.76. The van der Waals surface area contributed by atoms with Gasteiger partial charge in [0.1, 0.15) is 11.6 Å². The van der Waals surface area contributed by atoms with Gasteiger partial charge in [-0.25, -0.2) is 4.39 Å². The molecule has 1 N–H and O–H groups in total. The largest absolute Gasteiger partial charge is 0.493 e. The van der Waals surface area contributed by atoms with E-state index in [9.17, 15) is 4.39 Å². The van der Waals surface area contributed by atoms with Crippen molar-refractivity contribution < 1.29 is 9.13 Å². The van der Waals surface area contributed by atoms with Crippen LogP contribution in [0.1, 0.15) is 16.7 Å². The average Bonchev–Trinajstić information content (AvgIpc) is 2.93. The maximum atomic E-state index is 13.7. The van der Waals surface area contributed by atoms with Crippen LogP contribution in [-0.4, -0.2) is 6.61 Å². The molecule has 0 aromatic heterocycles. The molecule has 0 saturated heterocycles. The molecule has 3 nitrogen and oxygen atoms in total. The average molecular weight is 268 g/mol. The minimum absolute atomic E-state index is 0.322. The van der Waals surface area contributed by atoms with Crippen molar-refractivity contribution in [3.63, 3.8) is 0 Å². The van der Waals surface area contributed by atoms with E-state index in [1.807, 2.05) is 18.2 Å². The molecule has 0 unspecified atom stereocenters. The third-order valence-electron chi connectivity index (χ3n) is 3.34. The zero-order valence-electron chi connectivity index (χ0n) is 10.8. The number of anilines is 1. The van der Waals surface area contributed by atoms with Crippen LogP contribution in [0.4, 0.5) is 10.1 Å². The number of halogens is 1. The number of rotatable bonds is 3. The summed E-state index contributed by atoms with van der Waals surface area (Å²) < 4.78 is 19.2. The molecule has 0 bridgehead atoms. The van der Waals surface area contributed by atoms with Gasteiger partial charge in [0.05, 0.1) is 23.9 Å². The smallest absolute Gasteiger partial charge is 0.147 e. The predicted octanol–water partition coefficient (Wildman–Crippen LogP) is 3.24. The maximum absolute atomic E-state index is 13.7. The number of nitriles is 1. The summed E-state index contributed by atoms with van der Waals surface area (Å²) >= 11 is 0. The Morgan fingerprint density at radius 3 is 2.95 bits per heavy atom. The third-order valence-corrected chi connectivity index (χ3v) is 3.34. The maximum Gasteiger partial charge on any atom is 0.147 e. The summed E-state index contributed by atoms with van der Waals surface area (Å²) in [5.74, 6) is 0.534. The topological polar surface area (TPSA) is 45.0 Å². The third kappa shape index (κ3) is 2.43. The molecule has 0 fully saturated rings. The van der Waals surface area contributed by atoms with Crippen LogP contribution >= 0.6 is 0 Å². The van der Waals surface area contributed by atoms with Crippen LogP contribution in [0.5, 0.6) is 5.75 Å². The summed E-state index contributed by atoms with van der Waals surface area (Å²) in [6.07, 6.45) is 0.925. The van der Waals surface area contributed by atoms with Gasteiger partial charge in [-0.3, -0.25) is 0 Å². The molecule has 0 amide bonds. The van der Waals surface area contributed by atoms with Crippen molar-refractivity contribution in [3.8, 4) is 11.8 Å². The van der Waals surface area contributed by atoms with Crippen LogP contribution in [-0.2, 0) is 13.0 Å². The van der Waals surface area contributed by atoms with Crippen molar-refractivity contribution in [2.45, 2.75) is 13.0 Å². The summed E-state index contributed by atoms with van der Waals surface area (Å²) in [6, 6.07) is 12.3. The molecular formula is C16H13FN2O. The molecule has 1 aliphatic rings. The second-order valence-electron chi connectivity index (χ2n) is 4.70. The highest BCUT2D eigenvalue weighted by atomic mass is 19.1. The second-order valence-corrected chi connectivity index (χ2v) is 4.70.